The number of ether oxygens (including phenoxy) is 1. The van der Waals surface area contributed by atoms with Gasteiger partial charge in [-0.25, -0.2) is 4.79 Å². The largest absolute Gasteiger partial charge is 0.494 e. The van der Waals surface area contributed by atoms with Crippen LogP contribution in [0.5, 0.6) is 5.75 Å². The van der Waals surface area contributed by atoms with E-state index in [1.165, 1.54) is 0 Å². The van der Waals surface area contributed by atoms with Gasteiger partial charge in [-0.2, -0.15) is 0 Å². The Morgan fingerprint density at radius 3 is 2.55 bits per heavy atom. The summed E-state index contributed by atoms with van der Waals surface area (Å²) >= 11 is 1.10. The maximum atomic E-state index is 12.6. The SMILES string of the molecule is CCOc1ccc(-c2cc(NC(=O)c3cc4ccccc4o3)c(C(=O)O)s2)cc1. The fraction of sp³-hybridized carbons (Fsp3) is 0.0909. The number of hydrogen-bond donors (Lipinski definition) is 2. The summed E-state index contributed by atoms with van der Waals surface area (Å²) in [4.78, 5) is 25.1. The number of carboxylic acid groups (broad SMARTS) is 1. The first kappa shape index (κ1) is 18.8. The first-order valence-corrected chi connectivity index (χ1v) is 9.77. The molecule has 146 valence electrons. The number of carbonyl (C=O) groups is 2. The van der Waals surface area contributed by atoms with Crippen LogP contribution in [0.4, 0.5) is 5.69 Å². The van der Waals surface area contributed by atoms with Crippen LogP contribution >= 0.6 is 11.3 Å². The molecule has 0 radical (unpaired) electrons. The summed E-state index contributed by atoms with van der Waals surface area (Å²) in [6.45, 7) is 2.47. The first-order valence-electron chi connectivity index (χ1n) is 8.95. The van der Waals surface area contributed by atoms with Gasteiger partial charge in [0, 0.05) is 10.3 Å². The van der Waals surface area contributed by atoms with Crippen molar-refractivity contribution < 1.29 is 23.8 Å². The van der Waals surface area contributed by atoms with Crippen molar-refractivity contribution in [3.05, 3.63) is 71.3 Å². The number of rotatable bonds is 6. The highest BCUT2D eigenvalue weighted by Gasteiger charge is 2.20. The second-order valence-corrected chi connectivity index (χ2v) is 7.27. The van der Waals surface area contributed by atoms with E-state index >= 15 is 0 Å². The summed E-state index contributed by atoms with van der Waals surface area (Å²) in [6.07, 6.45) is 0. The van der Waals surface area contributed by atoms with Gasteiger partial charge < -0.3 is 19.6 Å². The van der Waals surface area contributed by atoms with Crippen LogP contribution in [0.15, 0.2) is 65.1 Å². The van der Waals surface area contributed by atoms with Gasteiger partial charge in [-0.1, -0.05) is 18.2 Å². The van der Waals surface area contributed by atoms with E-state index in [1.807, 2.05) is 49.4 Å². The molecule has 1 amide bonds. The van der Waals surface area contributed by atoms with E-state index in [1.54, 1.807) is 18.2 Å². The number of para-hydroxylation sites is 1. The highest BCUT2D eigenvalue weighted by Crippen LogP contribution is 2.36. The fourth-order valence-electron chi connectivity index (χ4n) is 2.94. The molecule has 2 aromatic heterocycles. The Kier molecular flexibility index (Phi) is 5.05. The van der Waals surface area contributed by atoms with E-state index in [4.69, 9.17) is 9.15 Å². The molecule has 0 saturated heterocycles. The van der Waals surface area contributed by atoms with Crippen LogP contribution in [0.3, 0.4) is 0 Å². The number of amides is 1. The monoisotopic (exact) mass is 407 g/mol. The Morgan fingerprint density at radius 2 is 1.86 bits per heavy atom. The number of carboxylic acids is 1. The van der Waals surface area contributed by atoms with Gasteiger partial charge in [0.15, 0.2) is 5.76 Å². The average molecular weight is 407 g/mol. The number of aromatic carboxylic acids is 1. The zero-order valence-corrected chi connectivity index (χ0v) is 16.3. The predicted octanol–water partition coefficient (Wildman–Crippen LogP) is 5.51. The van der Waals surface area contributed by atoms with Crippen LogP contribution in [0.1, 0.15) is 27.2 Å². The van der Waals surface area contributed by atoms with Gasteiger partial charge in [0.05, 0.1) is 12.3 Å². The highest BCUT2D eigenvalue weighted by atomic mass is 32.1. The van der Waals surface area contributed by atoms with E-state index in [0.29, 0.717) is 12.2 Å². The van der Waals surface area contributed by atoms with Gasteiger partial charge in [-0.15, -0.1) is 11.3 Å². The van der Waals surface area contributed by atoms with Crippen molar-refractivity contribution in [3.63, 3.8) is 0 Å². The smallest absolute Gasteiger partial charge is 0.348 e. The normalized spacial score (nSPS) is 10.8. The Balaban J connectivity index is 1.62. The standard InChI is InChI=1S/C22H17NO5S/c1-2-27-15-9-7-13(8-10-15)19-12-16(20(29-19)22(25)26)23-21(24)18-11-14-5-3-4-6-17(14)28-18/h3-12H,2H2,1H3,(H,23,24)(H,25,26). The Bertz CT molecular complexity index is 1160. The second-order valence-electron chi connectivity index (χ2n) is 6.22. The zero-order valence-electron chi connectivity index (χ0n) is 15.5. The number of thiophene rings is 1. The van der Waals surface area contributed by atoms with E-state index in [9.17, 15) is 14.7 Å². The minimum atomic E-state index is -1.10. The van der Waals surface area contributed by atoms with Gasteiger partial charge >= 0.3 is 5.97 Å². The molecule has 2 aromatic carbocycles. The molecule has 7 heteroatoms. The number of fused-ring (bicyclic) bond motifs is 1. The maximum absolute atomic E-state index is 12.6. The molecular weight excluding hydrogens is 390 g/mol. The molecule has 0 fully saturated rings. The third-order valence-corrected chi connectivity index (χ3v) is 5.45. The molecule has 0 saturated carbocycles. The number of nitrogens with one attached hydrogen (secondary N) is 1. The number of hydrogen-bond acceptors (Lipinski definition) is 5. The van der Waals surface area contributed by atoms with Crippen molar-refractivity contribution in [2.75, 3.05) is 11.9 Å². The molecule has 0 aliphatic carbocycles. The predicted molar refractivity (Wildman–Crippen MR) is 112 cm³/mol. The van der Waals surface area contributed by atoms with Crippen LogP contribution in [-0.4, -0.2) is 23.6 Å². The van der Waals surface area contributed by atoms with Crippen LogP contribution in [-0.2, 0) is 0 Å². The van der Waals surface area contributed by atoms with Crippen LogP contribution in [0.25, 0.3) is 21.4 Å². The molecular formula is C22H17NO5S. The third-order valence-electron chi connectivity index (χ3n) is 4.27. The van der Waals surface area contributed by atoms with Crippen molar-refractivity contribution in [1.29, 1.82) is 0 Å². The average Bonchev–Trinajstić information content (AvgIpc) is 3.33. The molecule has 0 aliphatic rings. The topological polar surface area (TPSA) is 88.8 Å². The lowest BCUT2D eigenvalue weighted by Gasteiger charge is -2.03. The summed E-state index contributed by atoms with van der Waals surface area (Å²) in [5.74, 6) is -0.743. The number of carbonyl (C=O) groups excluding carboxylic acids is 1. The first-order chi connectivity index (χ1) is 14.0. The maximum Gasteiger partial charge on any atom is 0.348 e. The molecule has 29 heavy (non-hydrogen) atoms. The molecule has 6 nitrogen and oxygen atoms in total. The fourth-order valence-corrected chi connectivity index (χ4v) is 3.90. The lowest BCUT2D eigenvalue weighted by atomic mass is 10.2. The summed E-state index contributed by atoms with van der Waals surface area (Å²) in [6, 6.07) is 17.9. The Morgan fingerprint density at radius 1 is 1.10 bits per heavy atom. The molecule has 0 atom stereocenters. The summed E-state index contributed by atoms with van der Waals surface area (Å²) in [7, 11) is 0. The number of benzene rings is 2. The van der Waals surface area contributed by atoms with E-state index in [-0.39, 0.29) is 16.3 Å². The van der Waals surface area contributed by atoms with Crippen molar-refractivity contribution in [1.82, 2.24) is 0 Å². The molecule has 2 heterocycles. The van der Waals surface area contributed by atoms with Gasteiger partial charge in [0.1, 0.15) is 16.2 Å². The van der Waals surface area contributed by atoms with E-state index in [0.717, 1.165) is 32.9 Å². The third kappa shape index (κ3) is 3.86. The molecule has 0 unspecified atom stereocenters. The number of furan rings is 1. The van der Waals surface area contributed by atoms with Gasteiger partial charge in [0.2, 0.25) is 0 Å². The van der Waals surface area contributed by atoms with Crippen LogP contribution in [0.2, 0.25) is 0 Å². The minimum absolute atomic E-state index is 0.0540. The molecule has 2 N–H and O–H groups in total. The quantitative estimate of drug-likeness (QED) is 0.440. The zero-order chi connectivity index (χ0) is 20.4. The summed E-state index contributed by atoms with van der Waals surface area (Å²) in [5, 5.41) is 13.0. The van der Waals surface area contributed by atoms with Crippen LogP contribution < -0.4 is 10.1 Å². The minimum Gasteiger partial charge on any atom is -0.494 e. The van der Waals surface area contributed by atoms with Gasteiger partial charge in [-0.05, 0) is 55.0 Å². The lowest BCUT2D eigenvalue weighted by Crippen LogP contribution is -2.12. The molecule has 0 spiro atoms. The van der Waals surface area contributed by atoms with Crippen molar-refractivity contribution >= 4 is 39.9 Å². The molecule has 4 aromatic rings. The molecule has 0 aliphatic heterocycles. The highest BCUT2D eigenvalue weighted by molar-refractivity contribution is 7.18. The van der Waals surface area contributed by atoms with Crippen molar-refractivity contribution in [2.45, 2.75) is 6.92 Å². The van der Waals surface area contributed by atoms with Crippen molar-refractivity contribution in [3.8, 4) is 16.2 Å². The summed E-state index contributed by atoms with van der Waals surface area (Å²) < 4.78 is 11.0. The Labute approximate surface area is 170 Å². The molecule has 0 bridgehead atoms. The van der Waals surface area contributed by atoms with Crippen LogP contribution in [0, 0.1) is 0 Å². The molecule has 4 rings (SSSR count). The summed E-state index contributed by atoms with van der Waals surface area (Å²) in [5.41, 5.74) is 1.67. The van der Waals surface area contributed by atoms with Gasteiger partial charge in [0.25, 0.3) is 5.91 Å². The van der Waals surface area contributed by atoms with Crippen molar-refractivity contribution in [2.24, 2.45) is 0 Å². The Hall–Kier alpha value is -3.58. The number of anilines is 1. The van der Waals surface area contributed by atoms with Gasteiger partial charge in [-0.3, -0.25) is 4.79 Å². The van der Waals surface area contributed by atoms with E-state index < -0.39 is 11.9 Å². The van der Waals surface area contributed by atoms with E-state index in [2.05, 4.69) is 5.32 Å². The second kappa shape index (κ2) is 7.81. The lowest BCUT2D eigenvalue weighted by molar-refractivity contribution is 0.0703.